The van der Waals surface area contributed by atoms with Crippen LogP contribution in [-0.2, 0) is 6.18 Å². The van der Waals surface area contributed by atoms with Gasteiger partial charge in [-0.05, 0) is 30.7 Å². The highest BCUT2D eigenvalue weighted by Gasteiger charge is 2.30. The summed E-state index contributed by atoms with van der Waals surface area (Å²) in [4.78, 5) is 11.9. The van der Waals surface area contributed by atoms with Crippen LogP contribution in [0.25, 0.3) is 6.08 Å². The Labute approximate surface area is 120 Å². The molecule has 108 valence electrons. The normalized spacial score (nSPS) is 11.8. The molecule has 0 bridgehead atoms. The standard InChI is InChI=1S/C17H13F3O/c1-12-5-8-14(9-6-12)16(21)10-7-13-3-2-4-15(11-13)17(18,19)20/h2-11H,1H3/b10-7+. The molecule has 21 heavy (non-hydrogen) atoms. The summed E-state index contributed by atoms with van der Waals surface area (Å²) in [6, 6.07) is 11.9. The quantitative estimate of drug-likeness (QED) is 0.580. The van der Waals surface area contributed by atoms with Crippen molar-refractivity contribution >= 4 is 11.9 Å². The van der Waals surface area contributed by atoms with Crippen molar-refractivity contribution < 1.29 is 18.0 Å². The first-order chi connectivity index (χ1) is 9.86. The van der Waals surface area contributed by atoms with Crippen LogP contribution in [-0.4, -0.2) is 5.78 Å². The maximum Gasteiger partial charge on any atom is 0.416 e. The second kappa shape index (κ2) is 5.95. The zero-order valence-corrected chi connectivity index (χ0v) is 11.3. The number of benzene rings is 2. The molecule has 0 aliphatic heterocycles. The lowest BCUT2D eigenvalue weighted by atomic mass is 10.1. The zero-order chi connectivity index (χ0) is 15.5. The van der Waals surface area contributed by atoms with E-state index >= 15 is 0 Å². The van der Waals surface area contributed by atoms with Gasteiger partial charge in [0.15, 0.2) is 5.78 Å². The lowest BCUT2D eigenvalue weighted by Crippen LogP contribution is -2.04. The van der Waals surface area contributed by atoms with Crippen molar-refractivity contribution in [2.75, 3.05) is 0 Å². The Morgan fingerprint density at radius 2 is 1.71 bits per heavy atom. The van der Waals surface area contributed by atoms with Gasteiger partial charge in [0.25, 0.3) is 0 Å². The van der Waals surface area contributed by atoms with E-state index in [2.05, 4.69) is 0 Å². The van der Waals surface area contributed by atoms with Gasteiger partial charge >= 0.3 is 6.18 Å². The second-order valence-electron chi connectivity index (χ2n) is 4.69. The Morgan fingerprint density at radius 3 is 2.33 bits per heavy atom. The summed E-state index contributed by atoms with van der Waals surface area (Å²) in [5.74, 6) is -0.243. The van der Waals surface area contributed by atoms with Gasteiger partial charge < -0.3 is 0 Å². The Hall–Kier alpha value is -2.36. The van der Waals surface area contributed by atoms with E-state index in [1.165, 1.54) is 24.3 Å². The van der Waals surface area contributed by atoms with Crippen LogP contribution in [0.1, 0.15) is 27.0 Å². The zero-order valence-electron chi connectivity index (χ0n) is 11.3. The smallest absolute Gasteiger partial charge is 0.289 e. The van der Waals surface area contributed by atoms with Crippen LogP contribution in [0.15, 0.2) is 54.6 Å². The summed E-state index contributed by atoms with van der Waals surface area (Å²) in [6.45, 7) is 1.91. The minimum atomic E-state index is -4.38. The fourth-order valence-corrected chi connectivity index (χ4v) is 1.80. The van der Waals surface area contributed by atoms with Gasteiger partial charge in [-0.1, -0.05) is 48.0 Å². The third-order valence-corrected chi connectivity index (χ3v) is 2.98. The molecule has 2 rings (SSSR count). The molecule has 0 fully saturated rings. The fraction of sp³-hybridized carbons (Fsp3) is 0.118. The van der Waals surface area contributed by atoms with Crippen LogP contribution in [0.4, 0.5) is 13.2 Å². The van der Waals surface area contributed by atoms with Crippen molar-refractivity contribution in [3.63, 3.8) is 0 Å². The van der Waals surface area contributed by atoms with E-state index in [1.54, 1.807) is 12.1 Å². The van der Waals surface area contributed by atoms with Crippen molar-refractivity contribution in [1.29, 1.82) is 0 Å². The molecular formula is C17H13F3O. The van der Waals surface area contributed by atoms with E-state index in [0.717, 1.165) is 17.7 Å². The first kappa shape index (κ1) is 15.0. The third-order valence-electron chi connectivity index (χ3n) is 2.98. The summed E-state index contributed by atoms with van der Waals surface area (Å²) in [6.07, 6.45) is -1.72. The Kier molecular flexibility index (Phi) is 4.26. The highest BCUT2D eigenvalue weighted by molar-refractivity contribution is 6.06. The molecular weight excluding hydrogens is 277 g/mol. The van der Waals surface area contributed by atoms with Gasteiger partial charge in [-0.3, -0.25) is 4.79 Å². The highest BCUT2D eigenvalue weighted by Crippen LogP contribution is 2.29. The van der Waals surface area contributed by atoms with E-state index in [4.69, 9.17) is 0 Å². The lowest BCUT2D eigenvalue weighted by molar-refractivity contribution is -0.137. The molecule has 0 amide bonds. The van der Waals surface area contributed by atoms with Gasteiger partial charge in [0.2, 0.25) is 0 Å². The van der Waals surface area contributed by atoms with E-state index in [1.807, 2.05) is 19.1 Å². The first-order valence-corrected chi connectivity index (χ1v) is 6.32. The second-order valence-corrected chi connectivity index (χ2v) is 4.69. The molecule has 0 saturated carbocycles. The fourth-order valence-electron chi connectivity index (χ4n) is 1.80. The Morgan fingerprint density at radius 1 is 1.05 bits per heavy atom. The molecule has 0 aliphatic rings. The predicted octanol–water partition coefficient (Wildman–Crippen LogP) is 4.91. The molecule has 4 heteroatoms. The first-order valence-electron chi connectivity index (χ1n) is 6.32. The molecule has 0 radical (unpaired) electrons. The SMILES string of the molecule is Cc1ccc(C(=O)/C=C/c2cccc(C(F)(F)F)c2)cc1. The lowest BCUT2D eigenvalue weighted by Gasteiger charge is -2.06. The highest BCUT2D eigenvalue weighted by atomic mass is 19.4. The number of ketones is 1. The average Bonchev–Trinajstić information content (AvgIpc) is 2.45. The molecule has 2 aromatic rings. The molecule has 0 atom stereocenters. The van der Waals surface area contributed by atoms with Gasteiger partial charge in [-0.25, -0.2) is 0 Å². The minimum absolute atomic E-state index is 0.243. The molecule has 0 saturated heterocycles. The molecule has 0 aliphatic carbocycles. The molecule has 0 aromatic heterocycles. The van der Waals surface area contributed by atoms with Crippen molar-refractivity contribution in [2.24, 2.45) is 0 Å². The van der Waals surface area contributed by atoms with E-state index < -0.39 is 11.7 Å². The van der Waals surface area contributed by atoms with Crippen molar-refractivity contribution in [3.05, 3.63) is 76.9 Å². The number of allylic oxidation sites excluding steroid dienone is 1. The molecule has 0 spiro atoms. The van der Waals surface area contributed by atoms with Crippen molar-refractivity contribution in [2.45, 2.75) is 13.1 Å². The number of carbonyl (C=O) groups excluding carboxylic acids is 1. The minimum Gasteiger partial charge on any atom is -0.289 e. The van der Waals surface area contributed by atoms with Crippen molar-refractivity contribution in [1.82, 2.24) is 0 Å². The number of aryl methyl sites for hydroxylation is 1. The summed E-state index contributed by atoms with van der Waals surface area (Å²) in [5.41, 5.74) is 1.15. The van der Waals surface area contributed by atoms with Gasteiger partial charge in [0, 0.05) is 5.56 Å². The van der Waals surface area contributed by atoms with Crippen molar-refractivity contribution in [3.8, 4) is 0 Å². The number of carbonyl (C=O) groups is 1. The predicted molar refractivity (Wildman–Crippen MR) is 76.0 cm³/mol. The Balaban J connectivity index is 2.17. The van der Waals surface area contributed by atoms with Crippen LogP contribution in [0.3, 0.4) is 0 Å². The van der Waals surface area contributed by atoms with Crippen LogP contribution in [0.2, 0.25) is 0 Å². The van der Waals surface area contributed by atoms with Gasteiger partial charge in [-0.2, -0.15) is 13.2 Å². The molecule has 2 aromatic carbocycles. The van der Waals surface area contributed by atoms with Crippen LogP contribution in [0.5, 0.6) is 0 Å². The number of hydrogen-bond donors (Lipinski definition) is 0. The molecule has 0 heterocycles. The summed E-state index contributed by atoms with van der Waals surface area (Å²) < 4.78 is 37.7. The third kappa shape index (κ3) is 4.05. The van der Waals surface area contributed by atoms with E-state index in [9.17, 15) is 18.0 Å². The topological polar surface area (TPSA) is 17.1 Å². The van der Waals surface area contributed by atoms with Crippen LogP contribution >= 0.6 is 0 Å². The summed E-state index contributed by atoms with van der Waals surface area (Å²) in [7, 11) is 0. The number of hydrogen-bond acceptors (Lipinski definition) is 1. The van der Waals surface area contributed by atoms with E-state index in [0.29, 0.717) is 11.1 Å². The number of alkyl halides is 3. The van der Waals surface area contributed by atoms with Gasteiger partial charge in [0.1, 0.15) is 0 Å². The number of rotatable bonds is 3. The largest absolute Gasteiger partial charge is 0.416 e. The average molecular weight is 290 g/mol. The maximum atomic E-state index is 12.6. The molecule has 0 unspecified atom stereocenters. The maximum absolute atomic E-state index is 12.6. The van der Waals surface area contributed by atoms with Crippen LogP contribution in [0, 0.1) is 6.92 Å². The van der Waals surface area contributed by atoms with Gasteiger partial charge in [0.05, 0.1) is 5.56 Å². The van der Waals surface area contributed by atoms with E-state index in [-0.39, 0.29) is 5.78 Å². The molecule has 0 N–H and O–H groups in total. The monoisotopic (exact) mass is 290 g/mol. The number of halogens is 3. The Bertz CT molecular complexity index is 667. The summed E-state index contributed by atoms with van der Waals surface area (Å²) in [5, 5.41) is 0. The molecule has 1 nitrogen and oxygen atoms in total. The van der Waals surface area contributed by atoms with Gasteiger partial charge in [-0.15, -0.1) is 0 Å². The van der Waals surface area contributed by atoms with Crippen LogP contribution < -0.4 is 0 Å². The summed E-state index contributed by atoms with van der Waals surface area (Å²) >= 11 is 0.